The molecule has 5 rings (SSSR count). The maximum Gasteiger partial charge on any atom is 0.209 e. The molecule has 5 heteroatoms. The van der Waals surface area contributed by atoms with E-state index in [9.17, 15) is 4.79 Å². The second kappa shape index (κ2) is 36.7. The molecule has 1 amide bonds. The molecule has 2 aliphatic heterocycles. The van der Waals surface area contributed by atoms with Crippen LogP contribution in [0.4, 0.5) is 0 Å². The van der Waals surface area contributed by atoms with E-state index in [1.165, 1.54) is 76.3 Å². The van der Waals surface area contributed by atoms with Crippen molar-refractivity contribution in [2.75, 3.05) is 39.9 Å². The number of amides is 1. The van der Waals surface area contributed by atoms with Crippen molar-refractivity contribution in [3.63, 3.8) is 0 Å². The summed E-state index contributed by atoms with van der Waals surface area (Å²) in [6, 6.07) is 18.2. The van der Waals surface area contributed by atoms with Gasteiger partial charge in [0.2, 0.25) is 6.41 Å². The molecular formula is C39H57N2O3+. The van der Waals surface area contributed by atoms with Crippen LogP contribution in [0.5, 0.6) is 11.5 Å². The lowest BCUT2D eigenvalue weighted by molar-refractivity contribution is -0.636. The van der Waals surface area contributed by atoms with Gasteiger partial charge in [-0.25, -0.2) is 0 Å². The third-order valence-electron chi connectivity index (χ3n) is 6.83. The van der Waals surface area contributed by atoms with Crippen LogP contribution < -0.4 is 14.8 Å². The first-order valence-corrected chi connectivity index (χ1v) is 15.4. The maximum atomic E-state index is 10.1. The van der Waals surface area contributed by atoms with E-state index in [4.69, 9.17) is 9.47 Å². The normalized spacial score (nSPS) is 15.5. The summed E-state index contributed by atoms with van der Waals surface area (Å²) in [4.78, 5) is 11.9. The van der Waals surface area contributed by atoms with Crippen LogP contribution >= 0.6 is 0 Å². The van der Waals surface area contributed by atoms with E-state index in [0.717, 1.165) is 37.5 Å². The minimum absolute atomic E-state index is 0.608. The SMILES string of the molecule is C#C.C#C.C#C.C#C.C1CCCCC1.CCOc1c(OC)cccc1[C@H]1CC[NH2+]C1.O=CN1CCCCC1.c1ccccc1. The van der Waals surface area contributed by atoms with Crippen LogP contribution in [0.1, 0.15) is 82.6 Å². The van der Waals surface area contributed by atoms with Crippen molar-refractivity contribution in [1.82, 2.24) is 4.90 Å². The molecule has 1 atom stereocenters. The van der Waals surface area contributed by atoms with E-state index < -0.39 is 0 Å². The highest BCUT2D eigenvalue weighted by atomic mass is 16.5. The second-order valence-electron chi connectivity index (χ2n) is 9.59. The van der Waals surface area contributed by atoms with Crippen LogP contribution in [0.3, 0.4) is 0 Å². The topological polar surface area (TPSA) is 55.4 Å². The Hall–Kier alpha value is -4.29. The van der Waals surface area contributed by atoms with E-state index in [1.807, 2.05) is 54.3 Å². The summed E-state index contributed by atoms with van der Waals surface area (Å²) in [5.41, 5.74) is 1.30. The number of carbonyl (C=O) groups is 1. The van der Waals surface area contributed by atoms with Crippen molar-refractivity contribution in [3.8, 4) is 62.9 Å². The summed E-state index contributed by atoms with van der Waals surface area (Å²) in [6.45, 7) is 7.02. The number of nitrogens with two attached hydrogens (primary N) is 1. The van der Waals surface area contributed by atoms with E-state index >= 15 is 0 Å². The van der Waals surface area contributed by atoms with Gasteiger partial charge in [-0.3, -0.25) is 4.79 Å². The number of piperidine rings is 1. The first kappa shape index (κ1) is 44.2. The van der Waals surface area contributed by atoms with E-state index in [2.05, 4.69) is 68.8 Å². The molecule has 0 unspecified atom stereocenters. The number of ether oxygens (including phenoxy) is 2. The lowest BCUT2D eigenvalue weighted by Crippen LogP contribution is -2.81. The fourth-order valence-electron chi connectivity index (χ4n) is 4.82. The number of quaternary nitrogens is 1. The Kier molecular flexibility index (Phi) is 36.9. The molecule has 3 fully saturated rings. The summed E-state index contributed by atoms with van der Waals surface area (Å²) >= 11 is 0. The third kappa shape index (κ3) is 22.3. The molecular weight excluding hydrogens is 544 g/mol. The zero-order valence-corrected chi connectivity index (χ0v) is 27.3. The molecule has 0 radical (unpaired) electrons. The van der Waals surface area contributed by atoms with Gasteiger partial charge in [0.15, 0.2) is 11.5 Å². The van der Waals surface area contributed by atoms with Crippen LogP contribution in [0.2, 0.25) is 0 Å². The predicted molar refractivity (Wildman–Crippen MR) is 188 cm³/mol. The van der Waals surface area contributed by atoms with Crippen molar-refractivity contribution in [2.24, 2.45) is 0 Å². The van der Waals surface area contributed by atoms with Gasteiger partial charge in [0.25, 0.3) is 0 Å². The summed E-state index contributed by atoms with van der Waals surface area (Å²) in [6.07, 6.45) is 46.9. The Morgan fingerprint density at radius 1 is 0.750 bits per heavy atom. The monoisotopic (exact) mass is 601 g/mol. The summed E-state index contributed by atoms with van der Waals surface area (Å²) in [5.74, 6) is 2.40. The van der Waals surface area contributed by atoms with Crippen LogP contribution in [-0.4, -0.2) is 51.2 Å². The van der Waals surface area contributed by atoms with Gasteiger partial charge in [0, 0.05) is 31.0 Å². The average Bonchev–Trinajstić information content (AvgIpc) is 3.70. The van der Waals surface area contributed by atoms with Gasteiger partial charge in [0.05, 0.1) is 26.8 Å². The van der Waals surface area contributed by atoms with Gasteiger partial charge in [-0.1, -0.05) is 87.1 Å². The molecule has 0 aromatic heterocycles. The van der Waals surface area contributed by atoms with Crippen LogP contribution in [0.25, 0.3) is 0 Å². The molecule has 0 bridgehead atoms. The lowest BCUT2D eigenvalue weighted by Gasteiger charge is -2.21. The van der Waals surface area contributed by atoms with Gasteiger partial charge in [-0.05, 0) is 32.3 Å². The molecule has 3 aliphatic rings. The number of likely N-dealkylation sites (tertiary alicyclic amines) is 1. The summed E-state index contributed by atoms with van der Waals surface area (Å²) in [7, 11) is 1.70. The minimum atomic E-state index is 0.608. The van der Waals surface area contributed by atoms with Gasteiger partial charge in [-0.15, -0.1) is 51.4 Å². The van der Waals surface area contributed by atoms with Gasteiger partial charge < -0.3 is 19.7 Å². The quantitative estimate of drug-likeness (QED) is 0.303. The van der Waals surface area contributed by atoms with Crippen molar-refractivity contribution in [1.29, 1.82) is 0 Å². The number of benzene rings is 2. The summed E-state index contributed by atoms with van der Waals surface area (Å²) < 4.78 is 11.1. The second-order valence-corrected chi connectivity index (χ2v) is 9.59. The molecule has 0 spiro atoms. The Labute approximate surface area is 270 Å². The zero-order chi connectivity index (χ0) is 33.7. The highest BCUT2D eigenvalue weighted by Crippen LogP contribution is 2.37. The van der Waals surface area contributed by atoms with Crippen molar-refractivity contribution >= 4 is 6.41 Å². The number of para-hydroxylation sites is 1. The summed E-state index contributed by atoms with van der Waals surface area (Å²) in [5, 5.41) is 2.36. The van der Waals surface area contributed by atoms with Gasteiger partial charge in [-0.2, -0.15) is 0 Å². The van der Waals surface area contributed by atoms with Crippen LogP contribution in [-0.2, 0) is 4.79 Å². The highest BCUT2D eigenvalue weighted by molar-refractivity contribution is 5.48. The fraction of sp³-hybridized carbons (Fsp3) is 0.462. The third-order valence-corrected chi connectivity index (χ3v) is 6.83. The zero-order valence-electron chi connectivity index (χ0n) is 27.3. The van der Waals surface area contributed by atoms with Crippen molar-refractivity contribution in [3.05, 3.63) is 60.2 Å². The maximum absolute atomic E-state index is 10.1. The van der Waals surface area contributed by atoms with Gasteiger partial charge >= 0.3 is 0 Å². The Balaban J connectivity index is -0.000000509. The van der Waals surface area contributed by atoms with E-state index in [1.54, 1.807) is 7.11 Å². The lowest BCUT2D eigenvalue weighted by atomic mass is 9.97. The molecule has 44 heavy (non-hydrogen) atoms. The number of rotatable bonds is 5. The molecule has 1 aliphatic carbocycles. The first-order chi connectivity index (χ1) is 21.8. The minimum Gasteiger partial charge on any atom is -0.493 e. The number of hydrogen-bond donors (Lipinski definition) is 1. The largest absolute Gasteiger partial charge is 0.493 e. The molecule has 2 heterocycles. The van der Waals surface area contributed by atoms with Crippen molar-refractivity contribution in [2.45, 2.75) is 77.0 Å². The Bertz CT molecular complexity index is 887. The fourth-order valence-corrected chi connectivity index (χ4v) is 4.82. The highest BCUT2D eigenvalue weighted by Gasteiger charge is 2.25. The molecule has 1 saturated carbocycles. The first-order valence-electron chi connectivity index (χ1n) is 15.4. The predicted octanol–water partition coefficient (Wildman–Crippen LogP) is 6.80. The Morgan fingerprint density at radius 3 is 1.55 bits per heavy atom. The molecule has 5 nitrogen and oxygen atoms in total. The van der Waals surface area contributed by atoms with Crippen LogP contribution in [0.15, 0.2) is 54.6 Å². The average molecular weight is 602 g/mol. The molecule has 2 aromatic carbocycles. The molecule has 2 N–H and O–H groups in total. The number of terminal acetylenes is 4. The van der Waals surface area contributed by atoms with Gasteiger partial charge in [0.1, 0.15) is 0 Å². The number of carbonyl (C=O) groups excluding carboxylic acids is 1. The smallest absolute Gasteiger partial charge is 0.209 e. The number of nitrogens with zero attached hydrogens (tertiary/aromatic N) is 1. The van der Waals surface area contributed by atoms with Crippen LogP contribution in [0, 0.1) is 51.4 Å². The number of hydrogen-bond acceptors (Lipinski definition) is 3. The molecule has 2 aromatic rings. The van der Waals surface area contributed by atoms with E-state index in [-0.39, 0.29) is 0 Å². The van der Waals surface area contributed by atoms with E-state index in [0.29, 0.717) is 12.5 Å². The standard InChI is InChI=1S/C13H19NO2.C6H11NO.C6H12.C6H6.4C2H2/c1-3-16-13-11(10-7-8-14-9-10)5-4-6-12(13)15-2;8-6-7-4-2-1-3-5-7;2*1-2-4-6-5-3-1;4*1-2/h4-6,10,14H,3,7-9H2,1-2H3;6H,1-5H2;1-6H2;1-6H;4*1-2H/p+1/t10-;;;;;;;/m0......./s1. The molecule has 240 valence electrons. The Morgan fingerprint density at radius 2 is 1.20 bits per heavy atom. The molecule has 2 saturated heterocycles. The van der Waals surface area contributed by atoms with Crippen molar-refractivity contribution < 1.29 is 19.6 Å². The number of methoxy groups -OCH3 is 1.